The van der Waals surface area contributed by atoms with E-state index in [0.717, 1.165) is 12.0 Å². The Morgan fingerprint density at radius 3 is 2.00 bits per heavy atom. The smallest absolute Gasteiger partial charge is 0.115 e. The van der Waals surface area contributed by atoms with E-state index in [-0.39, 0.29) is 5.41 Å². The normalized spacial score (nSPS) is 12.4. The highest BCUT2D eigenvalue weighted by Gasteiger charge is 2.27. The van der Waals surface area contributed by atoms with E-state index < -0.39 is 0 Å². The van der Waals surface area contributed by atoms with Crippen LogP contribution in [0.15, 0.2) is 48.5 Å². The van der Waals surface area contributed by atoms with Crippen molar-refractivity contribution in [2.45, 2.75) is 46.5 Å². The van der Waals surface area contributed by atoms with Crippen LogP contribution in [0.1, 0.15) is 46.6 Å². The fourth-order valence-corrected chi connectivity index (χ4v) is 3.20. The molecule has 1 N–H and O–H groups in total. The van der Waals surface area contributed by atoms with Crippen molar-refractivity contribution in [1.29, 1.82) is 0 Å². The van der Waals surface area contributed by atoms with Crippen molar-refractivity contribution in [2.75, 3.05) is 0 Å². The van der Waals surface area contributed by atoms with Crippen LogP contribution in [-0.2, 0) is 5.41 Å². The summed E-state index contributed by atoms with van der Waals surface area (Å²) in [6.07, 6.45) is 1.14. The van der Waals surface area contributed by atoms with E-state index in [1.165, 1.54) is 11.1 Å². The monoisotopic (exact) mass is 282 g/mol. The summed E-state index contributed by atoms with van der Waals surface area (Å²) in [5.74, 6) is 0.308. The van der Waals surface area contributed by atoms with Crippen LogP contribution in [0.5, 0.6) is 5.75 Å². The third-order valence-electron chi connectivity index (χ3n) is 3.82. The Morgan fingerprint density at radius 1 is 0.810 bits per heavy atom. The van der Waals surface area contributed by atoms with Gasteiger partial charge in [-0.15, -0.1) is 0 Å². The van der Waals surface area contributed by atoms with Gasteiger partial charge < -0.3 is 5.11 Å². The lowest BCUT2D eigenvalue weighted by molar-refractivity contribution is 0.284. The first-order valence-electron chi connectivity index (χ1n) is 7.57. The van der Waals surface area contributed by atoms with Crippen LogP contribution in [0.3, 0.4) is 0 Å². The van der Waals surface area contributed by atoms with Crippen molar-refractivity contribution in [3.05, 3.63) is 54.1 Å². The average Bonchev–Trinajstić information content (AvgIpc) is 2.37. The second kappa shape index (κ2) is 5.55. The van der Waals surface area contributed by atoms with Gasteiger partial charge >= 0.3 is 0 Å². The second-order valence-electron chi connectivity index (χ2n) is 7.75. The van der Waals surface area contributed by atoms with Gasteiger partial charge in [0.2, 0.25) is 0 Å². The van der Waals surface area contributed by atoms with E-state index in [9.17, 15) is 5.11 Å². The molecule has 0 atom stereocenters. The molecule has 1 nitrogen and oxygen atoms in total. The maximum Gasteiger partial charge on any atom is 0.115 e. The van der Waals surface area contributed by atoms with Gasteiger partial charge in [-0.2, -0.15) is 0 Å². The third-order valence-corrected chi connectivity index (χ3v) is 3.82. The molecule has 112 valence electrons. The van der Waals surface area contributed by atoms with Crippen LogP contribution >= 0.6 is 0 Å². The largest absolute Gasteiger partial charge is 0.508 e. The molecule has 0 bridgehead atoms. The molecule has 2 aromatic rings. The van der Waals surface area contributed by atoms with E-state index in [1.807, 2.05) is 12.1 Å². The summed E-state index contributed by atoms with van der Waals surface area (Å²) >= 11 is 0. The summed E-state index contributed by atoms with van der Waals surface area (Å²) in [5, 5.41) is 9.42. The van der Waals surface area contributed by atoms with Gasteiger partial charge in [-0.05, 0) is 46.1 Å². The molecule has 0 fully saturated rings. The minimum Gasteiger partial charge on any atom is -0.508 e. The first kappa shape index (κ1) is 15.6. The van der Waals surface area contributed by atoms with Crippen LogP contribution in [0.2, 0.25) is 0 Å². The van der Waals surface area contributed by atoms with Gasteiger partial charge in [-0.25, -0.2) is 0 Å². The van der Waals surface area contributed by atoms with Crippen molar-refractivity contribution >= 4 is 0 Å². The zero-order valence-corrected chi connectivity index (χ0v) is 13.8. The van der Waals surface area contributed by atoms with Crippen molar-refractivity contribution in [2.24, 2.45) is 5.41 Å². The quantitative estimate of drug-likeness (QED) is 0.757. The van der Waals surface area contributed by atoms with Crippen LogP contribution < -0.4 is 0 Å². The fourth-order valence-electron chi connectivity index (χ4n) is 3.20. The predicted octanol–water partition coefficient (Wildman–Crippen LogP) is 5.77. The zero-order chi connectivity index (χ0) is 15.7. The molecular weight excluding hydrogens is 256 g/mol. The molecule has 2 rings (SSSR count). The summed E-state index contributed by atoms with van der Waals surface area (Å²) < 4.78 is 0. The lowest BCUT2D eigenvalue weighted by Gasteiger charge is -2.33. The first-order valence-corrected chi connectivity index (χ1v) is 7.57. The topological polar surface area (TPSA) is 20.2 Å². The van der Waals surface area contributed by atoms with Gasteiger partial charge in [0.1, 0.15) is 5.75 Å². The van der Waals surface area contributed by atoms with Gasteiger partial charge in [-0.1, -0.05) is 71.0 Å². The number of hydrogen-bond donors (Lipinski definition) is 1. The molecule has 0 radical (unpaired) electrons. The average molecular weight is 282 g/mol. The Kier molecular flexibility index (Phi) is 4.13. The van der Waals surface area contributed by atoms with Crippen molar-refractivity contribution in [3.63, 3.8) is 0 Å². The standard InChI is InChI=1S/C20H26O/c1-19(2,3)14-20(4,5)17-8-6-7-16(13-17)15-9-11-18(21)12-10-15/h6-13,21H,14H2,1-5H3. The van der Waals surface area contributed by atoms with E-state index >= 15 is 0 Å². The molecule has 1 heteroatoms. The van der Waals surface area contributed by atoms with Crippen LogP contribution in [0, 0.1) is 5.41 Å². The highest BCUT2D eigenvalue weighted by Crippen LogP contribution is 2.37. The Balaban J connectivity index is 2.35. The molecular formula is C20H26O. The lowest BCUT2D eigenvalue weighted by Crippen LogP contribution is -2.24. The van der Waals surface area contributed by atoms with Crippen LogP contribution in [0.4, 0.5) is 0 Å². The maximum atomic E-state index is 9.42. The number of benzene rings is 2. The minimum atomic E-state index is 0.144. The molecule has 0 heterocycles. The summed E-state index contributed by atoms with van der Waals surface area (Å²) in [6.45, 7) is 11.5. The molecule has 0 aliphatic carbocycles. The van der Waals surface area contributed by atoms with Crippen LogP contribution in [0.25, 0.3) is 11.1 Å². The summed E-state index contributed by atoms with van der Waals surface area (Å²) in [6, 6.07) is 16.2. The summed E-state index contributed by atoms with van der Waals surface area (Å²) in [5.41, 5.74) is 4.15. The van der Waals surface area contributed by atoms with Gasteiger partial charge in [0.15, 0.2) is 0 Å². The molecule has 0 saturated carbocycles. The number of phenols is 1. The SMILES string of the molecule is CC(C)(C)CC(C)(C)c1cccc(-c2ccc(O)cc2)c1. The van der Waals surface area contributed by atoms with E-state index in [4.69, 9.17) is 0 Å². The molecule has 21 heavy (non-hydrogen) atoms. The molecule has 0 spiro atoms. The molecule has 0 aromatic heterocycles. The Hall–Kier alpha value is -1.76. The molecule has 0 unspecified atom stereocenters. The first-order chi connectivity index (χ1) is 9.67. The third kappa shape index (κ3) is 4.10. The van der Waals surface area contributed by atoms with Gasteiger partial charge in [0, 0.05) is 0 Å². The van der Waals surface area contributed by atoms with Gasteiger partial charge in [0.05, 0.1) is 0 Å². The van der Waals surface area contributed by atoms with Crippen molar-refractivity contribution in [1.82, 2.24) is 0 Å². The molecule has 0 amide bonds. The Bertz CT molecular complexity index is 600. The minimum absolute atomic E-state index is 0.144. The summed E-state index contributed by atoms with van der Waals surface area (Å²) in [7, 11) is 0. The number of phenolic OH excluding ortho intramolecular Hbond substituents is 1. The highest BCUT2D eigenvalue weighted by atomic mass is 16.3. The molecule has 0 aliphatic heterocycles. The van der Waals surface area contributed by atoms with Crippen molar-refractivity contribution in [3.8, 4) is 16.9 Å². The van der Waals surface area contributed by atoms with E-state index in [1.54, 1.807) is 12.1 Å². The molecule has 0 saturated heterocycles. The van der Waals surface area contributed by atoms with Gasteiger partial charge in [-0.3, -0.25) is 0 Å². The summed E-state index contributed by atoms with van der Waals surface area (Å²) in [4.78, 5) is 0. The van der Waals surface area contributed by atoms with Crippen LogP contribution in [-0.4, -0.2) is 5.11 Å². The second-order valence-corrected chi connectivity index (χ2v) is 7.75. The Labute approximate surface area is 128 Å². The van der Waals surface area contributed by atoms with Crippen molar-refractivity contribution < 1.29 is 5.11 Å². The molecule has 2 aromatic carbocycles. The lowest BCUT2D eigenvalue weighted by atomic mass is 9.72. The van der Waals surface area contributed by atoms with Gasteiger partial charge in [0.25, 0.3) is 0 Å². The maximum absolute atomic E-state index is 9.42. The Morgan fingerprint density at radius 2 is 1.43 bits per heavy atom. The highest BCUT2D eigenvalue weighted by molar-refractivity contribution is 5.65. The van der Waals surface area contributed by atoms with E-state index in [2.05, 4.69) is 58.9 Å². The fraction of sp³-hybridized carbons (Fsp3) is 0.400. The number of hydrogen-bond acceptors (Lipinski definition) is 1. The zero-order valence-electron chi connectivity index (χ0n) is 13.8. The predicted molar refractivity (Wildman–Crippen MR) is 90.6 cm³/mol. The number of rotatable bonds is 3. The van der Waals surface area contributed by atoms with E-state index in [0.29, 0.717) is 11.2 Å². The molecule has 0 aliphatic rings. The number of aromatic hydroxyl groups is 1.